The van der Waals surface area contributed by atoms with Gasteiger partial charge >= 0.3 is 5.97 Å². The predicted molar refractivity (Wildman–Crippen MR) is 153 cm³/mol. The van der Waals surface area contributed by atoms with Crippen molar-refractivity contribution in [3.63, 3.8) is 0 Å². The molecule has 38 heavy (non-hydrogen) atoms. The largest absolute Gasteiger partial charge is 0.543 e. The first-order valence-electron chi connectivity index (χ1n) is 14.9. The van der Waals surface area contributed by atoms with Gasteiger partial charge < -0.3 is 19.4 Å². The van der Waals surface area contributed by atoms with Gasteiger partial charge in [0.2, 0.25) is 8.32 Å². The Bertz CT molecular complexity index is 1110. The molecule has 7 atom stereocenters. The van der Waals surface area contributed by atoms with E-state index in [0.717, 1.165) is 56.3 Å². The van der Waals surface area contributed by atoms with Gasteiger partial charge in [0.1, 0.15) is 11.5 Å². The van der Waals surface area contributed by atoms with Crippen molar-refractivity contribution in [3.05, 3.63) is 23.8 Å². The molecule has 0 radical (unpaired) electrons. The lowest BCUT2D eigenvalue weighted by Gasteiger charge is -2.69. The normalized spacial score (nSPS) is 41.1. The van der Waals surface area contributed by atoms with E-state index in [0.29, 0.717) is 24.9 Å². The number of hydrogen-bond donors (Lipinski definition) is 2. The summed E-state index contributed by atoms with van der Waals surface area (Å²) >= 11 is 0. The Morgan fingerprint density at radius 1 is 1.05 bits per heavy atom. The van der Waals surface area contributed by atoms with Crippen molar-refractivity contribution in [2.75, 3.05) is 6.61 Å². The summed E-state index contributed by atoms with van der Waals surface area (Å²) in [7, 11) is -2.03. The Hall–Kier alpha value is -1.53. The fourth-order valence-corrected chi connectivity index (χ4v) is 10.2. The lowest BCUT2D eigenvalue weighted by atomic mass is 9.37. The van der Waals surface area contributed by atoms with Crippen molar-refractivity contribution in [3.8, 4) is 11.5 Å². The molecule has 5 nitrogen and oxygen atoms in total. The number of ether oxygens (including phenoxy) is 1. The molecule has 3 aliphatic carbocycles. The number of benzene rings is 1. The Morgan fingerprint density at radius 2 is 1.74 bits per heavy atom. The van der Waals surface area contributed by atoms with Gasteiger partial charge in [0.05, 0.1) is 17.6 Å². The fraction of sp³-hybridized carbons (Fsp3) is 0.781. The van der Waals surface area contributed by atoms with Crippen molar-refractivity contribution in [1.29, 1.82) is 0 Å². The molecule has 212 valence electrons. The van der Waals surface area contributed by atoms with E-state index in [9.17, 15) is 15.0 Å². The number of phenolic OH excluding ortho intramolecular Hbond substituents is 1. The first-order chi connectivity index (χ1) is 17.5. The summed E-state index contributed by atoms with van der Waals surface area (Å²) in [5.41, 5.74) is -0.459. The molecule has 3 saturated carbocycles. The number of carbonyl (C=O) groups excluding carboxylic acids is 1. The third-order valence-corrected chi connectivity index (χ3v) is 16.7. The van der Waals surface area contributed by atoms with Crippen LogP contribution in [0.25, 0.3) is 0 Å². The molecule has 1 aliphatic heterocycles. The Kier molecular flexibility index (Phi) is 6.44. The SMILES string of the molecule is CC(C)(C)[Si](C)(C)Oc1ccc(O)c(C[C@H]2[C@]3(C)CC[C@@H]4[C@]5(CCC[C@@]4(C)C(=O)OC5)[C@H]3CC[C@]2(C)O)c1. The maximum absolute atomic E-state index is 13.0. The highest BCUT2D eigenvalue weighted by Crippen LogP contribution is 2.71. The van der Waals surface area contributed by atoms with Crippen molar-refractivity contribution in [2.24, 2.45) is 34.0 Å². The van der Waals surface area contributed by atoms with Crippen LogP contribution in [0, 0.1) is 34.0 Å². The van der Waals surface area contributed by atoms with Crippen LogP contribution in [-0.4, -0.2) is 36.7 Å². The van der Waals surface area contributed by atoms with Gasteiger partial charge in [-0.3, -0.25) is 4.79 Å². The van der Waals surface area contributed by atoms with Gasteiger partial charge in [-0.2, -0.15) is 0 Å². The fourth-order valence-electron chi connectivity index (χ4n) is 9.22. The molecular weight excluding hydrogens is 492 g/mol. The highest BCUT2D eigenvalue weighted by atomic mass is 28.4. The highest BCUT2D eigenvalue weighted by molar-refractivity contribution is 6.74. The molecule has 1 heterocycles. The van der Waals surface area contributed by atoms with Crippen LogP contribution in [0.2, 0.25) is 18.1 Å². The standard InChI is InChI=1S/C32H50O5Si/c1-28(2,3)38(7,8)37-22-10-11-23(33)21(18-22)19-26-29(4)16-12-25-30(5)14-9-15-32(25,20-36-27(30)34)24(29)13-17-31(26,6)35/h10-11,18,24-26,33,35H,9,12-17,19-20H2,1-8H3/t24-,25-,26-,29+,30+,31-,32-/m0/s1. The van der Waals surface area contributed by atoms with Gasteiger partial charge in [0.25, 0.3) is 0 Å². The third kappa shape index (κ3) is 4.06. The second-order valence-electron chi connectivity index (χ2n) is 15.5. The summed E-state index contributed by atoms with van der Waals surface area (Å²) in [6, 6.07) is 5.66. The van der Waals surface area contributed by atoms with Gasteiger partial charge in [-0.15, -0.1) is 0 Å². The minimum atomic E-state index is -2.03. The maximum atomic E-state index is 13.0. The molecule has 2 bridgehead atoms. The zero-order valence-corrected chi connectivity index (χ0v) is 25.9. The minimum absolute atomic E-state index is 0.00199. The Labute approximate surface area is 230 Å². The zero-order chi connectivity index (χ0) is 27.9. The topological polar surface area (TPSA) is 76.0 Å². The van der Waals surface area contributed by atoms with Crippen molar-refractivity contribution >= 4 is 14.3 Å². The molecule has 1 saturated heterocycles. The highest BCUT2D eigenvalue weighted by Gasteiger charge is 2.69. The molecule has 2 N–H and O–H groups in total. The van der Waals surface area contributed by atoms with Crippen molar-refractivity contribution in [1.82, 2.24) is 0 Å². The van der Waals surface area contributed by atoms with Crippen LogP contribution in [0.3, 0.4) is 0 Å². The minimum Gasteiger partial charge on any atom is -0.543 e. The number of carbonyl (C=O) groups is 1. The van der Waals surface area contributed by atoms with E-state index in [2.05, 4.69) is 47.7 Å². The van der Waals surface area contributed by atoms with Gasteiger partial charge in [-0.1, -0.05) is 34.1 Å². The van der Waals surface area contributed by atoms with Crippen LogP contribution in [0.1, 0.15) is 92.1 Å². The van der Waals surface area contributed by atoms with Gasteiger partial charge in [-0.25, -0.2) is 0 Å². The molecule has 0 amide bonds. The van der Waals surface area contributed by atoms with E-state index in [1.54, 1.807) is 6.07 Å². The number of cyclic esters (lactones) is 1. The first-order valence-corrected chi connectivity index (χ1v) is 17.8. The van der Waals surface area contributed by atoms with E-state index in [1.165, 1.54) is 0 Å². The number of aromatic hydroxyl groups is 1. The number of hydrogen-bond acceptors (Lipinski definition) is 5. The van der Waals surface area contributed by atoms with Gasteiger partial charge in [-0.05, 0) is 124 Å². The molecule has 6 heteroatoms. The smallest absolute Gasteiger partial charge is 0.312 e. The summed E-state index contributed by atoms with van der Waals surface area (Å²) < 4.78 is 12.6. The van der Waals surface area contributed by atoms with Crippen molar-refractivity contribution < 1.29 is 24.2 Å². The molecule has 4 fully saturated rings. The number of aliphatic hydroxyl groups is 1. The van der Waals surface area contributed by atoms with Crippen LogP contribution in [0.4, 0.5) is 0 Å². The van der Waals surface area contributed by atoms with Crippen LogP contribution >= 0.6 is 0 Å². The van der Waals surface area contributed by atoms with Crippen LogP contribution in [0.5, 0.6) is 11.5 Å². The predicted octanol–water partition coefficient (Wildman–Crippen LogP) is 7.25. The van der Waals surface area contributed by atoms with Crippen LogP contribution < -0.4 is 4.43 Å². The lowest BCUT2D eigenvalue weighted by molar-refractivity contribution is -0.256. The Balaban J connectivity index is 1.49. The second kappa shape index (κ2) is 8.73. The summed E-state index contributed by atoms with van der Waals surface area (Å²) in [5, 5.41) is 22.9. The lowest BCUT2D eigenvalue weighted by Crippen LogP contribution is -2.68. The maximum Gasteiger partial charge on any atom is 0.312 e. The number of esters is 1. The average molecular weight is 543 g/mol. The van der Waals surface area contributed by atoms with Gasteiger partial charge in [0, 0.05) is 5.41 Å². The van der Waals surface area contributed by atoms with E-state index in [4.69, 9.17) is 9.16 Å². The molecule has 5 rings (SSSR count). The van der Waals surface area contributed by atoms with Crippen LogP contribution in [-0.2, 0) is 16.0 Å². The number of rotatable bonds is 4. The second-order valence-corrected chi connectivity index (χ2v) is 20.3. The van der Waals surface area contributed by atoms with Crippen LogP contribution in [0.15, 0.2) is 18.2 Å². The van der Waals surface area contributed by atoms with E-state index in [-0.39, 0.29) is 38.9 Å². The number of phenols is 1. The summed E-state index contributed by atoms with van der Waals surface area (Å²) in [5.74, 6) is 1.83. The quantitative estimate of drug-likeness (QED) is 0.310. The summed E-state index contributed by atoms with van der Waals surface area (Å²) in [6.07, 6.45) is 7.42. The van der Waals surface area contributed by atoms with E-state index < -0.39 is 13.9 Å². The molecule has 1 aromatic carbocycles. The molecule has 4 aliphatic rings. The molecule has 0 unspecified atom stereocenters. The Morgan fingerprint density at radius 3 is 2.42 bits per heavy atom. The third-order valence-electron chi connectivity index (χ3n) is 12.3. The molecular formula is C32H50O5Si. The average Bonchev–Trinajstić information content (AvgIpc) is 2.79. The summed E-state index contributed by atoms with van der Waals surface area (Å²) in [4.78, 5) is 13.0. The number of fused-ring (bicyclic) bond motifs is 1. The van der Waals surface area contributed by atoms with Crippen molar-refractivity contribution in [2.45, 2.75) is 117 Å². The first kappa shape index (κ1) is 28.0. The molecule has 0 spiro atoms. The van der Waals surface area contributed by atoms with Gasteiger partial charge in [0.15, 0.2) is 0 Å². The summed E-state index contributed by atoms with van der Waals surface area (Å²) in [6.45, 7) is 18.2. The zero-order valence-electron chi connectivity index (χ0n) is 24.9. The molecule has 0 aromatic heterocycles. The van der Waals surface area contributed by atoms with E-state index >= 15 is 0 Å². The molecule has 1 aromatic rings. The van der Waals surface area contributed by atoms with E-state index in [1.807, 2.05) is 19.1 Å². The monoisotopic (exact) mass is 542 g/mol.